The van der Waals surface area contributed by atoms with E-state index in [2.05, 4.69) is 58.3 Å². The van der Waals surface area contributed by atoms with Gasteiger partial charge in [0.05, 0.1) is 14.1 Å². The Kier molecular flexibility index (Phi) is 12.0. The molecule has 0 heterocycles. The molecule has 0 bridgehead atoms. The lowest BCUT2D eigenvalue weighted by atomic mass is 10.0. The van der Waals surface area contributed by atoms with Crippen molar-refractivity contribution in [1.82, 2.24) is 0 Å². The third-order valence-electron chi connectivity index (χ3n) is 5.92. The fourth-order valence-corrected chi connectivity index (χ4v) is 4.03. The molecule has 0 saturated heterocycles. The van der Waals surface area contributed by atoms with Crippen molar-refractivity contribution in [2.24, 2.45) is 0 Å². The summed E-state index contributed by atoms with van der Waals surface area (Å²) in [6.45, 7) is 5.71. The highest BCUT2D eigenvalue weighted by Gasteiger charge is 2.23. The lowest BCUT2D eigenvalue weighted by Gasteiger charge is -2.29. The van der Waals surface area contributed by atoms with E-state index in [4.69, 9.17) is 9.47 Å². The molecule has 0 N–H and O–H groups in total. The summed E-state index contributed by atoms with van der Waals surface area (Å²) in [5.41, 5.74) is 2.53. The summed E-state index contributed by atoms with van der Waals surface area (Å²) in [5.74, 6) is 0.677. The van der Waals surface area contributed by atoms with E-state index in [1.807, 2.05) is 24.3 Å². The van der Waals surface area contributed by atoms with Crippen molar-refractivity contribution in [3.63, 3.8) is 0 Å². The zero-order valence-electron chi connectivity index (χ0n) is 21.2. The molecule has 4 heteroatoms. The van der Waals surface area contributed by atoms with Gasteiger partial charge in [0.2, 0.25) is 0 Å². The fourth-order valence-electron chi connectivity index (χ4n) is 4.03. The molecule has 0 aliphatic heterocycles. The van der Waals surface area contributed by atoms with Gasteiger partial charge < -0.3 is 14.0 Å². The normalized spacial score (nSPS) is 12.4. The third kappa shape index (κ3) is 11.4. The number of carbonyl (C=O) groups excluding carboxylic acids is 1. The molecule has 0 aliphatic rings. The van der Waals surface area contributed by atoms with Gasteiger partial charge in [-0.1, -0.05) is 88.4 Å². The maximum Gasteiger partial charge on any atom is 0.361 e. The average molecular weight is 455 g/mol. The summed E-state index contributed by atoms with van der Waals surface area (Å²) >= 11 is 0. The summed E-state index contributed by atoms with van der Waals surface area (Å²) in [6.07, 6.45) is 9.56. The number of ether oxygens (including phenoxy) is 2. The van der Waals surface area contributed by atoms with Crippen LogP contribution in [0.4, 0.5) is 0 Å². The second-order valence-corrected chi connectivity index (χ2v) is 9.73. The number of hydrogen-bond acceptors (Lipinski definition) is 3. The first kappa shape index (κ1) is 26.9. The Morgan fingerprint density at radius 2 is 1.58 bits per heavy atom. The minimum Gasteiger partial charge on any atom is -0.487 e. The van der Waals surface area contributed by atoms with Crippen LogP contribution in [0.15, 0.2) is 54.6 Å². The van der Waals surface area contributed by atoms with Crippen molar-refractivity contribution in [3.8, 4) is 5.75 Å². The van der Waals surface area contributed by atoms with Crippen LogP contribution < -0.4 is 4.74 Å². The number of likely N-dealkylation sites (N-methyl/N-ethyl adjacent to an activating group) is 1. The molecule has 2 aromatic rings. The standard InChI is InChI=1S/C29H44NO3/c1-5-7-8-9-10-12-16-25-19-15-20-28(21-25)33-27(6-2)24-32-29(31)23-30(3,4)22-26-17-13-11-14-18-26/h11,13-15,17-21,27H,5-10,12,16,22-24H2,1-4H3/q+1. The zero-order chi connectivity index (χ0) is 23.9. The number of aryl methyl sites for hydroxylation is 1. The lowest BCUT2D eigenvalue weighted by molar-refractivity contribution is -0.896. The highest BCUT2D eigenvalue weighted by molar-refractivity contribution is 5.70. The van der Waals surface area contributed by atoms with Crippen LogP contribution in [0.1, 0.15) is 69.9 Å². The monoisotopic (exact) mass is 454 g/mol. The Labute approximate surface area is 201 Å². The average Bonchev–Trinajstić information content (AvgIpc) is 2.79. The van der Waals surface area contributed by atoms with Gasteiger partial charge in [0.25, 0.3) is 0 Å². The minimum atomic E-state index is -0.185. The molecule has 182 valence electrons. The van der Waals surface area contributed by atoms with Crippen LogP contribution in [-0.2, 0) is 22.5 Å². The molecule has 0 aromatic heterocycles. The van der Waals surface area contributed by atoms with Crippen LogP contribution in [0.25, 0.3) is 0 Å². The Morgan fingerprint density at radius 3 is 2.30 bits per heavy atom. The van der Waals surface area contributed by atoms with Crippen molar-refractivity contribution < 1.29 is 18.8 Å². The largest absolute Gasteiger partial charge is 0.487 e. The third-order valence-corrected chi connectivity index (χ3v) is 5.92. The van der Waals surface area contributed by atoms with Crippen molar-refractivity contribution >= 4 is 5.97 Å². The molecule has 0 saturated carbocycles. The van der Waals surface area contributed by atoms with E-state index < -0.39 is 0 Å². The van der Waals surface area contributed by atoms with E-state index in [0.29, 0.717) is 11.0 Å². The first-order valence-corrected chi connectivity index (χ1v) is 12.7. The van der Waals surface area contributed by atoms with Crippen LogP contribution in [0.2, 0.25) is 0 Å². The second-order valence-electron chi connectivity index (χ2n) is 9.73. The predicted octanol–water partition coefficient (Wildman–Crippen LogP) is 6.57. The van der Waals surface area contributed by atoms with E-state index in [-0.39, 0.29) is 18.7 Å². The summed E-state index contributed by atoms with van der Waals surface area (Å²) in [6, 6.07) is 18.6. The van der Waals surface area contributed by atoms with Crippen molar-refractivity contribution in [3.05, 3.63) is 65.7 Å². The summed E-state index contributed by atoms with van der Waals surface area (Å²) in [7, 11) is 4.11. The fraction of sp³-hybridized carbons (Fsp3) is 0.552. The number of quaternary nitrogens is 1. The Hall–Kier alpha value is -2.33. The van der Waals surface area contributed by atoms with Crippen LogP contribution in [-0.4, -0.2) is 43.8 Å². The molecular formula is C29H44NO3+. The number of carbonyl (C=O) groups is 1. The van der Waals surface area contributed by atoms with Crippen LogP contribution >= 0.6 is 0 Å². The summed E-state index contributed by atoms with van der Waals surface area (Å²) in [5, 5.41) is 0. The molecular weight excluding hydrogens is 410 g/mol. The molecule has 0 spiro atoms. The van der Waals surface area contributed by atoms with Gasteiger partial charge in [0, 0.05) is 5.56 Å². The number of nitrogens with zero attached hydrogens (tertiary/aromatic N) is 1. The topological polar surface area (TPSA) is 35.5 Å². The van der Waals surface area contributed by atoms with Gasteiger partial charge in [-0.3, -0.25) is 0 Å². The highest BCUT2D eigenvalue weighted by Crippen LogP contribution is 2.19. The molecule has 4 nitrogen and oxygen atoms in total. The molecule has 1 atom stereocenters. The lowest BCUT2D eigenvalue weighted by Crippen LogP contribution is -2.44. The van der Waals surface area contributed by atoms with Gasteiger partial charge in [-0.25, -0.2) is 4.79 Å². The van der Waals surface area contributed by atoms with Crippen LogP contribution in [0.5, 0.6) is 5.75 Å². The molecule has 33 heavy (non-hydrogen) atoms. The van der Waals surface area contributed by atoms with Gasteiger partial charge in [-0.2, -0.15) is 0 Å². The molecule has 0 aliphatic carbocycles. The van der Waals surface area contributed by atoms with Gasteiger partial charge in [0.1, 0.15) is 25.0 Å². The van der Waals surface area contributed by atoms with E-state index in [1.165, 1.54) is 49.7 Å². The number of esters is 1. The quantitative estimate of drug-likeness (QED) is 0.163. The Balaban J connectivity index is 1.76. The minimum absolute atomic E-state index is 0.136. The molecule has 0 amide bonds. The van der Waals surface area contributed by atoms with Crippen LogP contribution in [0, 0.1) is 0 Å². The molecule has 0 fully saturated rings. The number of rotatable bonds is 16. The van der Waals surface area contributed by atoms with E-state index in [0.717, 1.165) is 25.1 Å². The second kappa shape index (κ2) is 14.7. The van der Waals surface area contributed by atoms with Gasteiger partial charge in [-0.05, 0) is 37.0 Å². The predicted molar refractivity (Wildman–Crippen MR) is 136 cm³/mol. The zero-order valence-corrected chi connectivity index (χ0v) is 21.2. The molecule has 0 radical (unpaired) electrons. The summed E-state index contributed by atoms with van der Waals surface area (Å²) < 4.78 is 12.3. The van der Waals surface area contributed by atoms with Gasteiger partial charge in [0.15, 0.2) is 6.54 Å². The van der Waals surface area contributed by atoms with Crippen LogP contribution in [0.3, 0.4) is 0 Å². The Morgan fingerprint density at radius 1 is 0.879 bits per heavy atom. The highest BCUT2D eigenvalue weighted by atomic mass is 16.6. The number of benzene rings is 2. The number of unbranched alkanes of at least 4 members (excludes halogenated alkanes) is 5. The molecule has 1 unspecified atom stereocenters. The van der Waals surface area contributed by atoms with E-state index >= 15 is 0 Å². The first-order chi connectivity index (χ1) is 15.9. The Bertz CT molecular complexity index is 804. The first-order valence-electron chi connectivity index (χ1n) is 12.7. The van der Waals surface area contributed by atoms with E-state index in [9.17, 15) is 4.79 Å². The van der Waals surface area contributed by atoms with Gasteiger partial charge in [-0.15, -0.1) is 0 Å². The molecule has 2 aromatic carbocycles. The van der Waals surface area contributed by atoms with Crippen molar-refractivity contribution in [2.45, 2.75) is 77.9 Å². The number of hydrogen-bond donors (Lipinski definition) is 0. The van der Waals surface area contributed by atoms with Gasteiger partial charge >= 0.3 is 5.97 Å². The van der Waals surface area contributed by atoms with Crippen molar-refractivity contribution in [1.29, 1.82) is 0 Å². The van der Waals surface area contributed by atoms with E-state index in [1.54, 1.807) is 0 Å². The molecule has 2 rings (SSSR count). The maximum absolute atomic E-state index is 12.5. The van der Waals surface area contributed by atoms with Crippen molar-refractivity contribution in [2.75, 3.05) is 27.2 Å². The summed E-state index contributed by atoms with van der Waals surface area (Å²) in [4.78, 5) is 12.5. The smallest absolute Gasteiger partial charge is 0.361 e. The SMILES string of the molecule is CCCCCCCCc1cccc(OC(CC)COC(=O)C[N+](C)(C)Cc2ccccc2)c1. The maximum atomic E-state index is 12.5.